The van der Waals surface area contributed by atoms with Crippen molar-refractivity contribution in [2.45, 2.75) is 42.3 Å². The molecule has 1 amide bonds. The number of aromatic nitrogens is 1. The first-order chi connectivity index (χ1) is 14.5. The third-order valence-corrected chi connectivity index (χ3v) is 7.16. The van der Waals surface area contributed by atoms with Gasteiger partial charge in [0.15, 0.2) is 0 Å². The number of hydrogen-bond acceptors (Lipinski definition) is 7. The standard InChI is InChI=1S/C22H21N3O4S/c26-19-16-6-11-23-14-17(16)22(29-19)9-7-21(28,8-10-22)20(27)24-25-12-13-30-18(25)15-4-2-1-3-5-15/h1-6,11-14,18,28H,7-10H2,(H,24,27). The van der Waals surface area contributed by atoms with Crippen LogP contribution in [0.3, 0.4) is 0 Å². The van der Waals surface area contributed by atoms with Gasteiger partial charge in [-0.15, -0.1) is 11.8 Å². The van der Waals surface area contributed by atoms with Crippen molar-refractivity contribution in [3.05, 3.63) is 77.1 Å². The van der Waals surface area contributed by atoms with Crippen molar-refractivity contribution in [3.8, 4) is 0 Å². The smallest absolute Gasteiger partial charge is 0.339 e. The van der Waals surface area contributed by atoms with E-state index in [1.54, 1.807) is 41.4 Å². The lowest BCUT2D eigenvalue weighted by atomic mass is 9.73. The zero-order chi connectivity index (χ0) is 20.8. The van der Waals surface area contributed by atoms with Gasteiger partial charge in [-0.1, -0.05) is 30.3 Å². The number of aliphatic hydroxyl groups is 1. The SMILES string of the molecule is O=C1OC2(CCC(O)(C(=O)NN3C=CSC3c3ccccc3)CC2)c2cnccc21. The second kappa shape index (κ2) is 7.14. The molecule has 3 heterocycles. The zero-order valence-corrected chi connectivity index (χ0v) is 17.0. The number of pyridine rings is 1. The minimum Gasteiger partial charge on any atom is -0.450 e. The number of ether oxygens (including phenoxy) is 1. The van der Waals surface area contributed by atoms with E-state index in [-0.39, 0.29) is 24.2 Å². The summed E-state index contributed by atoms with van der Waals surface area (Å²) in [6.07, 6.45) is 6.15. The lowest BCUT2D eigenvalue weighted by Crippen LogP contribution is -2.55. The molecule has 1 atom stereocenters. The summed E-state index contributed by atoms with van der Waals surface area (Å²) in [6.45, 7) is 0. The minimum absolute atomic E-state index is 0.0811. The summed E-state index contributed by atoms with van der Waals surface area (Å²) >= 11 is 1.58. The summed E-state index contributed by atoms with van der Waals surface area (Å²) in [6, 6.07) is 11.5. The van der Waals surface area contributed by atoms with E-state index < -0.39 is 17.1 Å². The maximum atomic E-state index is 13.0. The Labute approximate surface area is 178 Å². The third-order valence-electron chi connectivity index (χ3n) is 6.12. The number of nitrogens with zero attached hydrogens (tertiary/aromatic N) is 2. The van der Waals surface area contributed by atoms with Crippen molar-refractivity contribution in [3.63, 3.8) is 0 Å². The Kier molecular flexibility index (Phi) is 4.56. The molecule has 2 aliphatic heterocycles. The number of thioether (sulfide) groups is 1. The Morgan fingerprint density at radius 3 is 2.73 bits per heavy atom. The molecule has 1 aromatic carbocycles. The topological polar surface area (TPSA) is 91.8 Å². The molecule has 1 aliphatic carbocycles. The van der Waals surface area contributed by atoms with E-state index >= 15 is 0 Å². The molecule has 0 saturated heterocycles. The van der Waals surface area contributed by atoms with E-state index in [2.05, 4.69) is 10.4 Å². The fraction of sp³-hybridized carbons (Fsp3) is 0.318. The number of esters is 1. The van der Waals surface area contributed by atoms with Crippen LogP contribution in [0.25, 0.3) is 0 Å². The maximum Gasteiger partial charge on any atom is 0.339 e. The van der Waals surface area contributed by atoms with Crippen molar-refractivity contribution >= 4 is 23.6 Å². The monoisotopic (exact) mass is 423 g/mol. The van der Waals surface area contributed by atoms with E-state index in [4.69, 9.17) is 4.74 Å². The van der Waals surface area contributed by atoms with Crippen LogP contribution in [0.2, 0.25) is 0 Å². The Morgan fingerprint density at radius 1 is 1.20 bits per heavy atom. The molecule has 0 radical (unpaired) electrons. The van der Waals surface area contributed by atoms with E-state index in [1.165, 1.54) is 0 Å². The predicted octanol–water partition coefficient (Wildman–Crippen LogP) is 3.00. The highest BCUT2D eigenvalue weighted by atomic mass is 32.2. The van der Waals surface area contributed by atoms with Gasteiger partial charge in [0.05, 0.1) is 5.56 Å². The molecule has 30 heavy (non-hydrogen) atoms. The molecule has 1 saturated carbocycles. The van der Waals surface area contributed by atoms with Gasteiger partial charge < -0.3 is 9.84 Å². The van der Waals surface area contributed by atoms with Crippen molar-refractivity contribution < 1.29 is 19.4 Å². The molecule has 1 unspecified atom stereocenters. The lowest BCUT2D eigenvalue weighted by Gasteiger charge is -2.41. The minimum atomic E-state index is -1.52. The van der Waals surface area contributed by atoms with E-state index in [9.17, 15) is 14.7 Å². The molecule has 5 rings (SSSR count). The fourth-order valence-corrected chi connectivity index (χ4v) is 5.30. The summed E-state index contributed by atoms with van der Waals surface area (Å²) in [7, 11) is 0. The quantitative estimate of drug-likeness (QED) is 0.733. The second-order valence-corrected chi connectivity index (χ2v) is 8.86. The molecule has 1 fully saturated rings. The molecule has 154 valence electrons. The van der Waals surface area contributed by atoms with Crippen LogP contribution in [0.5, 0.6) is 0 Å². The Morgan fingerprint density at radius 2 is 1.97 bits per heavy atom. The maximum absolute atomic E-state index is 13.0. The number of fused-ring (bicyclic) bond motifs is 2. The Balaban J connectivity index is 1.29. The highest BCUT2D eigenvalue weighted by molar-refractivity contribution is 8.02. The van der Waals surface area contributed by atoms with Gasteiger partial charge in [0.2, 0.25) is 0 Å². The van der Waals surface area contributed by atoms with Gasteiger partial charge in [-0.05, 0) is 42.7 Å². The second-order valence-electron chi connectivity index (χ2n) is 7.87. The molecular weight excluding hydrogens is 402 g/mol. The fourth-order valence-electron chi connectivity index (χ4n) is 4.38. The molecule has 2 aromatic rings. The number of benzene rings is 1. The van der Waals surface area contributed by atoms with Crippen LogP contribution in [0, 0.1) is 0 Å². The van der Waals surface area contributed by atoms with Crippen LogP contribution < -0.4 is 5.43 Å². The predicted molar refractivity (Wildman–Crippen MR) is 111 cm³/mol. The molecule has 8 heteroatoms. The number of hydrazine groups is 1. The van der Waals surface area contributed by atoms with E-state index in [1.807, 2.05) is 35.7 Å². The summed E-state index contributed by atoms with van der Waals surface area (Å²) in [4.78, 5) is 29.4. The number of nitrogens with one attached hydrogen (secondary N) is 1. The van der Waals surface area contributed by atoms with E-state index in [0.29, 0.717) is 18.4 Å². The number of carbonyl (C=O) groups excluding carboxylic acids is 2. The van der Waals surface area contributed by atoms with Crippen LogP contribution in [-0.4, -0.2) is 32.6 Å². The lowest BCUT2D eigenvalue weighted by molar-refractivity contribution is -0.154. The summed E-state index contributed by atoms with van der Waals surface area (Å²) in [5, 5.41) is 14.6. The molecule has 1 aromatic heterocycles. The number of carbonyl (C=O) groups is 2. The molecule has 7 nitrogen and oxygen atoms in total. The van der Waals surface area contributed by atoms with Gasteiger partial charge >= 0.3 is 5.97 Å². The normalized spacial score (nSPS) is 29.7. The molecule has 2 N–H and O–H groups in total. The number of amides is 1. The number of rotatable bonds is 3. The van der Waals surface area contributed by atoms with Crippen LogP contribution in [0.4, 0.5) is 0 Å². The van der Waals surface area contributed by atoms with Crippen LogP contribution in [0.15, 0.2) is 60.4 Å². The third kappa shape index (κ3) is 3.07. The first-order valence-corrected chi connectivity index (χ1v) is 10.8. The molecule has 0 bridgehead atoms. The highest BCUT2D eigenvalue weighted by Crippen LogP contribution is 2.49. The first-order valence-electron chi connectivity index (χ1n) is 9.88. The number of hydrogen-bond donors (Lipinski definition) is 2. The van der Waals surface area contributed by atoms with Crippen molar-refractivity contribution in [2.24, 2.45) is 0 Å². The Hall–Kier alpha value is -2.84. The molecule has 1 spiro atoms. The van der Waals surface area contributed by atoms with Crippen LogP contribution in [0.1, 0.15) is 52.5 Å². The average Bonchev–Trinajstić information content (AvgIpc) is 3.34. The van der Waals surface area contributed by atoms with E-state index in [0.717, 1.165) is 11.1 Å². The van der Waals surface area contributed by atoms with Crippen LogP contribution in [-0.2, 0) is 15.1 Å². The van der Waals surface area contributed by atoms with Gasteiger partial charge in [-0.2, -0.15) is 0 Å². The largest absolute Gasteiger partial charge is 0.450 e. The first kappa shape index (κ1) is 19.1. The van der Waals surface area contributed by atoms with Gasteiger partial charge in [0.1, 0.15) is 16.6 Å². The van der Waals surface area contributed by atoms with Crippen LogP contribution >= 0.6 is 11.8 Å². The molecule has 3 aliphatic rings. The van der Waals surface area contributed by atoms with Gasteiger partial charge in [-0.3, -0.25) is 20.2 Å². The van der Waals surface area contributed by atoms with Gasteiger partial charge in [0, 0.05) is 24.2 Å². The van der Waals surface area contributed by atoms with Crippen molar-refractivity contribution in [1.29, 1.82) is 0 Å². The summed E-state index contributed by atoms with van der Waals surface area (Å²) in [5.74, 6) is -0.812. The zero-order valence-electron chi connectivity index (χ0n) is 16.2. The average molecular weight is 423 g/mol. The highest BCUT2D eigenvalue weighted by Gasteiger charge is 2.53. The Bertz CT molecular complexity index is 1020. The van der Waals surface area contributed by atoms with Gasteiger partial charge in [0.25, 0.3) is 5.91 Å². The summed E-state index contributed by atoms with van der Waals surface area (Å²) in [5.41, 5.74) is 2.86. The summed E-state index contributed by atoms with van der Waals surface area (Å²) < 4.78 is 5.69. The molecular formula is C22H21N3O4S. The van der Waals surface area contributed by atoms with Gasteiger partial charge in [-0.25, -0.2) is 4.79 Å². The van der Waals surface area contributed by atoms with Crippen molar-refractivity contribution in [2.75, 3.05) is 0 Å². The van der Waals surface area contributed by atoms with Crippen molar-refractivity contribution in [1.82, 2.24) is 15.4 Å².